The molecule has 0 bridgehead atoms. The number of amides is 1. The molecule has 0 aromatic heterocycles. The molecule has 2 aromatic carbocycles. The minimum absolute atomic E-state index is 0.0178. The summed E-state index contributed by atoms with van der Waals surface area (Å²) in [5.41, 5.74) is 3.52. The summed E-state index contributed by atoms with van der Waals surface area (Å²) in [6, 6.07) is 12.4. The molecule has 0 unspecified atom stereocenters. The number of carbonyl (C=O) groups is 1. The predicted octanol–water partition coefficient (Wildman–Crippen LogP) is 1.98. The number of nitrogens with zero attached hydrogens (tertiary/aromatic N) is 1. The molecule has 0 aliphatic carbocycles. The first-order valence-corrected chi connectivity index (χ1v) is 9.85. The van der Waals surface area contributed by atoms with Gasteiger partial charge in [0.25, 0.3) is 5.91 Å². The van der Waals surface area contributed by atoms with E-state index in [0.29, 0.717) is 17.3 Å². The zero-order valence-corrected chi connectivity index (χ0v) is 17.0. The molecule has 1 fully saturated rings. The maximum absolute atomic E-state index is 13.8. The molecule has 1 saturated heterocycles. The quantitative estimate of drug-likeness (QED) is 0.686. The smallest absolute Gasteiger partial charge is 0.279 e. The highest BCUT2D eigenvalue weighted by Crippen LogP contribution is 2.17. The van der Waals surface area contributed by atoms with E-state index in [4.69, 9.17) is 12.2 Å². The van der Waals surface area contributed by atoms with Crippen LogP contribution in [-0.4, -0.2) is 48.6 Å². The minimum atomic E-state index is -0.322. The lowest BCUT2D eigenvalue weighted by atomic mass is 10.1. The van der Waals surface area contributed by atoms with Gasteiger partial charge in [0.15, 0.2) is 11.7 Å². The Labute approximate surface area is 170 Å². The molecule has 0 spiro atoms. The molecule has 0 atom stereocenters. The Bertz CT molecular complexity index is 865. The van der Waals surface area contributed by atoms with Crippen LogP contribution < -0.4 is 15.5 Å². The fraction of sp³-hybridized carbons (Fsp3) is 0.333. The number of benzene rings is 2. The van der Waals surface area contributed by atoms with Gasteiger partial charge in [0.2, 0.25) is 0 Å². The van der Waals surface area contributed by atoms with Crippen LogP contribution in [0.1, 0.15) is 11.1 Å². The summed E-state index contributed by atoms with van der Waals surface area (Å²) in [4.78, 5) is 15.7. The Hall–Kier alpha value is -2.51. The summed E-state index contributed by atoms with van der Waals surface area (Å²) in [5, 5.41) is 6.51. The second-order valence-electron chi connectivity index (χ2n) is 7.12. The van der Waals surface area contributed by atoms with Crippen LogP contribution in [0, 0.1) is 19.7 Å². The Balaban J connectivity index is 1.47. The van der Waals surface area contributed by atoms with Gasteiger partial charge in [-0.05, 0) is 55.4 Å². The van der Waals surface area contributed by atoms with Gasteiger partial charge in [-0.15, -0.1) is 0 Å². The molecule has 2 aromatic rings. The second-order valence-corrected chi connectivity index (χ2v) is 7.51. The van der Waals surface area contributed by atoms with Gasteiger partial charge in [-0.3, -0.25) is 4.79 Å². The van der Waals surface area contributed by atoms with E-state index in [-0.39, 0.29) is 11.7 Å². The summed E-state index contributed by atoms with van der Waals surface area (Å²) in [6.07, 6.45) is 0. The molecular weight excluding hydrogens is 375 g/mol. The molecule has 1 amide bonds. The maximum Gasteiger partial charge on any atom is 0.279 e. The zero-order chi connectivity index (χ0) is 20.1. The molecule has 7 heteroatoms. The van der Waals surface area contributed by atoms with Crippen LogP contribution >= 0.6 is 12.2 Å². The molecule has 1 aliphatic rings. The first-order chi connectivity index (χ1) is 13.4. The topological polar surface area (TPSA) is 48.8 Å². The third-order valence-electron chi connectivity index (χ3n) is 5.16. The highest BCUT2D eigenvalue weighted by atomic mass is 32.1. The predicted molar refractivity (Wildman–Crippen MR) is 114 cm³/mol. The Kier molecular flexibility index (Phi) is 6.59. The first-order valence-electron chi connectivity index (χ1n) is 9.44. The third-order valence-corrected chi connectivity index (χ3v) is 5.52. The van der Waals surface area contributed by atoms with Gasteiger partial charge < -0.3 is 20.4 Å². The molecular formula is C21H26FN4OS+. The van der Waals surface area contributed by atoms with E-state index in [2.05, 4.69) is 10.6 Å². The number of piperazine rings is 1. The van der Waals surface area contributed by atoms with Crippen LogP contribution in [0.3, 0.4) is 0 Å². The number of carbonyl (C=O) groups excluding carboxylic acids is 1. The number of quaternary nitrogens is 1. The van der Waals surface area contributed by atoms with Crippen molar-refractivity contribution in [1.29, 1.82) is 0 Å². The maximum atomic E-state index is 13.8. The van der Waals surface area contributed by atoms with Crippen LogP contribution in [0.15, 0.2) is 42.5 Å². The zero-order valence-electron chi connectivity index (χ0n) is 16.2. The molecule has 1 heterocycles. The van der Waals surface area contributed by atoms with Gasteiger partial charge in [0, 0.05) is 5.69 Å². The fourth-order valence-electron chi connectivity index (χ4n) is 3.27. The summed E-state index contributed by atoms with van der Waals surface area (Å²) in [5.74, 6) is -0.304. The second kappa shape index (κ2) is 9.12. The SMILES string of the molecule is Cc1cccc(NC(=O)C[NH+]2CCN(C(=S)Nc3ccccc3F)CC2)c1C. The normalized spacial score (nSPS) is 14.6. The van der Waals surface area contributed by atoms with E-state index in [9.17, 15) is 9.18 Å². The van der Waals surface area contributed by atoms with E-state index >= 15 is 0 Å². The van der Waals surface area contributed by atoms with E-state index in [1.165, 1.54) is 11.0 Å². The first kappa shape index (κ1) is 20.2. The Morgan fingerprint density at radius 1 is 1.07 bits per heavy atom. The average molecular weight is 402 g/mol. The van der Waals surface area contributed by atoms with E-state index in [0.717, 1.165) is 43.0 Å². The van der Waals surface area contributed by atoms with E-state index < -0.39 is 0 Å². The van der Waals surface area contributed by atoms with Crippen LogP contribution in [0.5, 0.6) is 0 Å². The van der Waals surface area contributed by atoms with Crippen molar-refractivity contribution in [2.24, 2.45) is 0 Å². The van der Waals surface area contributed by atoms with E-state index in [1.807, 2.05) is 36.9 Å². The highest BCUT2D eigenvalue weighted by Gasteiger charge is 2.24. The standard InChI is InChI=1S/C21H25FN4OS/c1-15-6-5-9-18(16(15)2)23-20(27)14-25-10-12-26(13-11-25)21(28)24-19-8-4-3-7-17(19)22/h3-9H,10-14H2,1-2H3,(H,23,27)(H,24,28)/p+1. The summed E-state index contributed by atoms with van der Waals surface area (Å²) >= 11 is 5.41. The molecule has 3 rings (SSSR count). The number of para-hydroxylation sites is 1. The monoisotopic (exact) mass is 401 g/mol. The Morgan fingerprint density at radius 3 is 2.46 bits per heavy atom. The number of anilines is 2. The lowest BCUT2D eigenvalue weighted by molar-refractivity contribution is -0.895. The van der Waals surface area contributed by atoms with Gasteiger partial charge in [-0.1, -0.05) is 24.3 Å². The number of halogens is 1. The van der Waals surface area contributed by atoms with Crippen molar-refractivity contribution >= 4 is 34.6 Å². The van der Waals surface area contributed by atoms with Crippen molar-refractivity contribution in [2.45, 2.75) is 13.8 Å². The highest BCUT2D eigenvalue weighted by molar-refractivity contribution is 7.80. The molecule has 3 N–H and O–H groups in total. The number of hydrogen-bond acceptors (Lipinski definition) is 2. The molecule has 148 valence electrons. The summed E-state index contributed by atoms with van der Waals surface area (Å²) < 4.78 is 13.8. The van der Waals surface area contributed by atoms with Crippen molar-refractivity contribution in [1.82, 2.24) is 4.90 Å². The number of aryl methyl sites for hydroxylation is 1. The number of hydrogen-bond donors (Lipinski definition) is 3. The van der Waals surface area contributed by atoms with Crippen molar-refractivity contribution in [2.75, 3.05) is 43.4 Å². The van der Waals surface area contributed by atoms with Gasteiger partial charge >= 0.3 is 0 Å². The molecule has 1 aliphatic heterocycles. The van der Waals surface area contributed by atoms with Crippen molar-refractivity contribution < 1.29 is 14.1 Å². The molecule has 5 nitrogen and oxygen atoms in total. The summed E-state index contributed by atoms with van der Waals surface area (Å²) in [6.45, 7) is 7.54. The van der Waals surface area contributed by atoms with Crippen LogP contribution in [0.25, 0.3) is 0 Å². The Morgan fingerprint density at radius 2 is 1.75 bits per heavy atom. The summed E-state index contributed by atoms with van der Waals surface area (Å²) in [7, 11) is 0. The van der Waals surface area contributed by atoms with Gasteiger partial charge in [0.05, 0.1) is 31.9 Å². The molecule has 0 saturated carbocycles. The van der Waals surface area contributed by atoms with Crippen LogP contribution in [0.2, 0.25) is 0 Å². The van der Waals surface area contributed by atoms with Crippen LogP contribution in [-0.2, 0) is 4.79 Å². The average Bonchev–Trinajstić information content (AvgIpc) is 2.68. The number of nitrogens with one attached hydrogen (secondary N) is 3. The van der Waals surface area contributed by atoms with Crippen molar-refractivity contribution in [3.05, 3.63) is 59.4 Å². The largest absolute Gasteiger partial charge is 0.338 e. The number of thiocarbonyl (C=S) groups is 1. The van der Waals surface area contributed by atoms with Crippen LogP contribution in [0.4, 0.5) is 15.8 Å². The van der Waals surface area contributed by atoms with Gasteiger partial charge in [0.1, 0.15) is 5.82 Å². The van der Waals surface area contributed by atoms with Gasteiger partial charge in [-0.2, -0.15) is 0 Å². The van der Waals surface area contributed by atoms with E-state index in [1.54, 1.807) is 18.2 Å². The lowest BCUT2D eigenvalue weighted by Gasteiger charge is -2.33. The molecule has 28 heavy (non-hydrogen) atoms. The fourth-order valence-corrected chi connectivity index (χ4v) is 3.56. The van der Waals surface area contributed by atoms with Gasteiger partial charge in [-0.25, -0.2) is 4.39 Å². The van der Waals surface area contributed by atoms with Crippen molar-refractivity contribution in [3.8, 4) is 0 Å². The molecule has 0 radical (unpaired) electrons. The third kappa shape index (κ3) is 5.05. The lowest BCUT2D eigenvalue weighted by Crippen LogP contribution is -3.15. The minimum Gasteiger partial charge on any atom is -0.338 e. The van der Waals surface area contributed by atoms with Crippen molar-refractivity contribution in [3.63, 3.8) is 0 Å². The number of rotatable bonds is 4.